The van der Waals surface area contributed by atoms with Gasteiger partial charge in [-0.15, -0.1) is 0 Å². The molecule has 0 spiro atoms. The largest absolute Gasteiger partial charge is 0.388 e. The molecule has 2 aliphatic carbocycles. The van der Waals surface area contributed by atoms with Crippen molar-refractivity contribution in [1.29, 1.82) is 0 Å². The maximum atomic E-state index is 12.0. The van der Waals surface area contributed by atoms with Gasteiger partial charge in [0.05, 0.1) is 12.0 Å². The van der Waals surface area contributed by atoms with E-state index in [0.717, 1.165) is 34.0 Å². The first-order chi connectivity index (χ1) is 9.58. The molecule has 2 aromatic rings. The zero-order valence-corrected chi connectivity index (χ0v) is 11.6. The Morgan fingerprint density at radius 3 is 3.00 bits per heavy atom. The summed E-state index contributed by atoms with van der Waals surface area (Å²) in [5.41, 5.74) is 4.38. The summed E-state index contributed by atoms with van der Waals surface area (Å²) in [6.07, 6.45) is 6.39. The number of aromatic amines is 1. The van der Waals surface area contributed by atoms with Gasteiger partial charge in [0.2, 0.25) is 0 Å². The molecule has 2 aliphatic rings. The second kappa shape index (κ2) is 3.83. The van der Waals surface area contributed by atoms with Crippen LogP contribution in [-0.2, 0) is 11.2 Å². The fourth-order valence-electron chi connectivity index (χ4n) is 3.76. The monoisotopic (exact) mass is 267 g/mol. The normalized spacial score (nSPS) is 27.1. The Hall–Kier alpha value is -1.87. The molecule has 3 unspecified atom stereocenters. The summed E-state index contributed by atoms with van der Waals surface area (Å²) in [6, 6.07) is 2.08. The molecule has 1 aromatic carbocycles. The number of carbonyl (C=O) groups is 1. The minimum absolute atomic E-state index is 0.164. The van der Waals surface area contributed by atoms with Crippen molar-refractivity contribution in [3.05, 3.63) is 40.7 Å². The number of aliphatic hydroxyl groups excluding tert-OH is 1. The van der Waals surface area contributed by atoms with Crippen molar-refractivity contribution in [1.82, 2.24) is 4.98 Å². The molecule has 102 valence electrons. The summed E-state index contributed by atoms with van der Waals surface area (Å²) in [6.45, 7) is 3.71. The third kappa shape index (κ3) is 1.36. The topological polar surface area (TPSA) is 53.1 Å². The first-order valence-electron chi connectivity index (χ1n) is 7.11. The maximum Gasteiger partial charge on any atom is 0.141 e. The van der Waals surface area contributed by atoms with Crippen molar-refractivity contribution in [3.8, 4) is 0 Å². The Bertz CT molecular complexity index is 769. The van der Waals surface area contributed by atoms with E-state index in [1.807, 2.05) is 18.3 Å². The molecule has 3 heteroatoms. The van der Waals surface area contributed by atoms with E-state index >= 15 is 0 Å². The van der Waals surface area contributed by atoms with Gasteiger partial charge >= 0.3 is 0 Å². The molecule has 3 nitrogen and oxygen atoms in total. The predicted molar refractivity (Wildman–Crippen MR) is 78.6 cm³/mol. The van der Waals surface area contributed by atoms with Crippen molar-refractivity contribution in [2.45, 2.75) is 32.3 Å². The van der Waals surface area contributed by atoms with Crippen LogP contribution in [0.5, 0.6) is 0 Å². The van der Waals surface area contributed by atoms with E-state index in [9.17, 15) is 9.90 Å². The zero-order chi connectivity index (χ0) is 14.0. The number of aliphatic hydroxyl groups is 1. The Kier molecular flexibility index (Phi) is 2.28. The van der Waals surface area contributed by atoms with E-state index < -0.39 is 6.10 Å². The van der Waals surface area contributed by atoms with Gasteiger partial charge < -0.3 is 10.1 Å². The summed E-state index contributed by atoms with van der Waals surface area (Å²) in [4.78, 5) is 15.3. The number of benzene rings is 1. The van der Waals surface area contributed by atoms with Crippen LogP contribution >= 0.6 is 0 Å². The highest BCUT2D eigenvalue weighted by molar-refractivity contribution is 6.02. The van der Waals surface area contributed by atoms with Crippen molar-refractivity contribution in [2.75, 3.05) is 0 Å². The summed E-state index contributed by atoms with van der Waals surface area (Å²) in [5, 5.41) is 12.6. The second-order valence-electron chi connectivity index (χ2n) is 6.10. The van der Waals surface area contributed by atoms with E-state index in [2.05, 4.69) is 18.0 Å². The van der Waals surface area contributed by atoms with Crippen LogP contribution < -0.4 is 0 Å². The van der Waals surface area contributed by atoms with Gasteiger partial charge in [-0.2, -0.15) is 0 Å². The van der Waals surface area contributed by atoms with Crippen LogP contribution in [0, 0.1) is 5.92 Å². The summed E-state index contributed by atoms with van der Waals surface area (Å²) in [7, 11) is 0. The molecule has 0 saturated carbocycles. The van der Waals surface area contributed by atoms with Gasteiger partial charge in [-0.05, 0) is 48.1 Å². The molecule has 1 heterocycles. The maximum absolute atomic E-state index is 12.0. The van der Waals surface area contributed by atoms with Gasteiger partial charge in [0, 0.05) is 22.7 Å². The van der Waals surface area contributed by atoms with Crippen LogP contribution in [0.15, 0.2) is 18.3 Å². The van der Waals surface area contributed by atoms with E-state index in [1.54, 1.807) is 6.92 Å². The minimum Gasteiger partial charge on any atom is -0.388 e. The number of fused-ring (bicyclic) bond motifs is 2. The van der Waals surface area contributed by atoms with Crippen LogP contribution in [-0.4, -0.2) is 15.9 Å². The van der Waals surface area contributed by atoms with Crippen LogP contribution in [0.4, 0.5) is 0 Å². The van der Waals surface area contributed by atoms with Gasteiger partial charge in [0.1, 0.15) is 5.78 Å². The van der Waals surface area contributed by atoms with Gasteiger partial charge in [-0.1, -0.05) is 13.0 Å². The lowest BCUT2D eigenvalue weighted by Crippen LogP contribution is -2.12. The molecule has 0 fully saturated rings. The quantitative estimate of drug-likeness (QED) is 0.834. The van der Waals surface area contributed by atoms with Gasteiger partial charge in [-0.25, -0.2) is 0 Å². The molecule has 20 heavy (non-hydrogen) atoms. The molecule has 0 radical (unpaired) electrons. The number of hydrogen-bond acceptors (Lipinski definition) is 2. The van der Waals surface area contributed by atoms with Crippen molar-refractivity contribution >= 4 is 22.6 Å². The first kappa shape index (κ1) is 11.9. The lowest BCUT2D eigenvalue weighted by Gasteiger charge is -2.20. The standard InChI is InChI=1S/C17H17NO2/c1-8-5-12-13(17(8)20)6-10-7-18-14-4-3-11(9(2)19)16(12)15(10)14/h3-4,6-8,11,17-18,20H,5H2,1-2H3. The molecular weight excluding hydrogens is 250 g/mol. The highest BCUT2D eigenvalue weighted by Crippen LogP contribution is 2.46. The first-order valence-corrected chi connectivity index (χ1v) is 7.11. The van der Waals surface area contributed by atoms with Crippen molar-refractivity contribution in [3.63, 3.8) is 0 Å². The van der Waals surface area contributed by atoms with Crippen LogP contribution in [0.3, 0.4) is 0 Å². The van der Waals surface area contributed by atoms with E-state index in [1.165, 1.54) is 5.56 Å². The third-order valence-electron chi connectivity index (χ3n) is 4.78. The average molecular weight is 267 g/mol. The summed E-state index contributed by atoms with van der Waals surface area (Å²) in [5.74, 6) is 0.212. The molecule has 0 bridgehead atoms. The van der Waals surface area contributed by atoms with Crippen molar-refractivity contribution in [2.24, 2.45) is 5.92 Å². The predicted octanol–water partition coefficient (Wildman–Crippen LogP) is 3.09. The number of hydrogen-bond donors (Lipinski definition) is 2. The fraction of sp³-hybridized carbons (Fsp3) is 0.353. The molecule has 0 aliphatic heterocycles. The number of ketones is 1. The zero-order valence-electron chi connectivity index (χ0n) is 11.6. The molecule has 0 saturated heterocycles. The lowest BCUT2D eigenvalue weighted by atomic mass is 9.82. The van der Waals surface area contributed by atoms with Crippen LogP contribution in [0.1, 0.15) is 48.3 Å². The van der Waals surface area contributed by atoms with Gasteiger partial charge in [0.15, 0.2) is 0 Å². The number of Topliss-reactive ketones (excluding diaryl/α,β-unsaturated/α-hetero) is 1. The fourth-order valence-corrected chi connectivity index (χ4v) is 3.76. The highest BCUT2D eigenvalue weighted by atomic mass is 16.3. The Morgan fingerprint density at radius 1 is 1.45 bits per heavy atom. The summed E-state index contributed by atoms with van der Waals surface area (Å²) < 4.78 is 0. The van der Waals surface area contributed by atoms with Crippen molar-refractivity contribution < 1.29 is 9.90 Å². The molecule has 1 aromatic heterocycles. The van der Waals surface area contributed by atoms with Crippen LogP contribution in [0.25, 0.3) is 16.8 Å². The summed E-state index contributed by atoms with van der Waals surface area (Å²) >= 11 is 0. The second-order valence-corrected chi connectivity index (χ2v) is 6.10. The van der Waals surface area contributed by atoms with Crippen LogP contribution in [0.2, 0.25) is 0 Å². The average Bonchev–Trinajstić information content (AvgIpc) is 2.95. The van der Waals surface area contributed by atoms with Gasteiger partial charge in [-0.3, -0.25) is 4.79 Å². The van der Waals surface area contributed by atoms with E-state index in [4.69, 9.17) is 0 Å². The Balaban J connectivity index is 2.10. The Labute approximate surface area is 117 Å². The Morgan fingerprint density at radius 2 is 2.25 bits per heavy atom. The molecule has 4 rings (SSSR count). The molecule has 3 atom stereocenters. The number of aromatic nitrogens is 1. The smallest absolute Gasteiger partial charge is 0.141 e. The molecular formula is C17H17NO2. The lowest BCUT2D eigenvalue weighted by molar-refractivity contribution is -0.117. The molecule has 2 N–H and O–H groups in total. The van der Waals surface area contributed by atoms with E-state index in [0.29, 0.717) is 0 Å². The minimum atomic E-state index is -0.414. The van der Waals surface area contributed by atoms with E-state index in [-0.39, 0.29) is 17.6 Å². The number of carbonyl (C=O) groups excluding carboxylic acids is 1. The number of nitrogens with one attached hydrogen (secondary N) is 1. The molecule has 0 amide bonds. The van der Waals surface area contributed by atoms with Gasteiger partial charge in [0.25, 0.3) is 0 Å². The number of H-pyrrole nitrogens is 1. The highest BCUT2D eigenvalue weighted by Gasteiger charge is 2.35. The number of allylic oxidation sites excluding steroid dienone is 1. The SMILES string of the molecule is CC(=O)C1C=Cc2[nH]cc3cc4c(c1c23)CC(C)C4O. The third-order valence-corrected chi connectivity index (χ3v) is 4.78. The number of rotatable bonds is 1.